The van der Waals surface area contributed by atoms with Gasteiger partial charge in [-0.1, -0.05) is 13.8 Å². The molecule has 0 unspecified atom stereocenters. The lowest BCUT2D eigenvalue weighted by Gasteiger charge is -2.21. The third-order valence-electron chi connectivity index (χ3n) is 2.50. The van der Waals surface area contributed by atoms with Gasteiger partial charge in [0.2, 0.25) is 0 Å². The van der Waals surface area contributed by atoms with Gasteiger partial charge >= 0.3 is 5.97 Å². The van der Waals surface area contributed by atoms with Gasteiger partial charge in [-0.2, -0.15) is 0 Å². The van der Waals surface area contributed by atoms with E-state index in [1.807, 2.05) is 19.9 Å². The predicted molar refractivity (Wildman–Crippen MR) is 64.7 cm³/mol. The molecule has 17 heavy (non-hydrogen) atoms. The third kappa shape index (κ3) is 4.20. The largest absolute Gasteiger partial charge is 0.464 e. The molecular formula is C12H20N2O3. The number of hydrogen-bond acceptors (Lipinski definition) is 4. The molecule has 1 aromatic heterocycles. The van der Waals surface area contributed by atoms with Crippen LogP contribution in [-0.4, -0.2) is 36.3 Å². The number of aromatic nitrogens is 1. The van der Waals surface area contributed by atoms with Gasteiger partial charge in [-0.15, -0.1) is 0 Å². The van der Waals surface area contributed by atoms with Crippen LogP contribution in [0.25, 0.3) is 0 Å². The summed E-state index contributed by atoms with van der Waals surface area (Å²) in [5, 5.41) is 12.3. The first-order valence-corrected chi connectivity index (χ1v) is 5.56. The zero-order chi connectivity index (χ0) is 12.9. The number of aromatic amines is 1. The molecule has 0 aliphatic carbocycles. The van der Waals surface area contributed by atoms with Crippen LogP contribution < -0.4 is 5.32 Å². The summed E-state index contributed by atoms with van der Waals surface area (Å²) in [6.07, 6.45) is 0. The summed E-state index contributed by atoms with van der Waals surface area (Å²) < 4.78 is 4.60. The summed E-state index contributed by atoms with van der Waals surface area (Å²) in [5.41, 5.74) is 1.22. The number of carbonyl (C=O) groups excluding carboxylic acids is 1. The molecule has 0 aliphatic heterocycles. The quantitative estimate of drug-likeness (QED) is 0.646. The summed E-state index contributed by atoms with van der Waals surface area (Å²) in [5.74, 6) is -0.369. The van der Waals surface area contributed by atoms with Crippen LogP contribution in [0.4, 0.5) is 0 Å². The Bertz CT molecular complexity index is 372. The van der Waals surface area contributed by atoms with E-state index < -0.39 is 0 Å². The zero-order valence-electron chi connectivity index (χ0n) is 10.5. The first-order valence-electron chi connectivity index (χ1n) is 5.56. The lowest BCUT2D eigenvalue weighted by Crippen LogP contribution is -2.31. The molecule has 0 spiro atoms. The number of esters is 1. The van der Waals surface area contributed by atoms with Crippen molar-refractivity contribution in [1.82, 2.24) is 10.3 Å². The molecular weight excluding hydrogens is 220 g/mol. The molecule has 0 atom stereocenters. The molecule has 0 amide bonds. The Morgan fingerprint density at radius 2 is 2.24 bits per heavy atom. The first-order chi connectivity index (χ1) is 7.98. The van der Waals surface area contributed by atoms with Gasteiger partial charge in [0.15, 0.2) is 0 Å². The number of methoxy groups -OCH3 is 1. The minimum Gasteiger partial charge on any atom is -0.464 e. The van der Waals surface area contributed by atoms with Crippen LogP contribution in [0.1, 0.15) is 30.0 Å². The van der Waals surface area contributed by atoms with Crippen molar-refractivity contribution in [3.8, 4) is 0 Å². The number of aliphatic hydroxyl groups excluding tert-OH is 1. The second kappa shape index (κ2) is 5.84. The van der Waals surface area contributed by atoms with Gasteiger partial charge in [-0.3, -0.25) is 0 Å². The fraction of sp³-hybridized carbons (Fsp3) is 0.583. The van der Waals surface area contributed by atoms with Gasteiger partial charge in [0.25, 0.3) is 0 Å². The van der Waals surface area contributed by atoms with Crippen LogP contribution in [0, 0.1) is 5.41 Å². The van der Waals surface area contributed by atoms with E-state index in [0.29, 0.717) is 18.8 Å². The van der Waals surface area contributed by atoms with Crippen molar-refractivity contribution in [3.63, 3.8) is 0 Å². The van der Waals surface area contributed by atoms with Crippen molar-refractivity contribution < 1.29 is 14.6 Å². The number of ether oxygens (including phenoxy) is 1. The van der Waals surface area contributed by atoms with E-state index in [0.717, 1.165) is 5.69 Å². The van der Waals surface area contributed by atoms with Gasteiger partial charge in [0, 0.05) is 30.8 Å². The van der Waals surface area contributed by atoms with Crippen molar-refractivity contribution in [2.45, 2.75) is 20.4 Å². The fourth-order valence-corrected chi connectivity index (χ4v) is 1.36. The number of aliphatic hydroxyl groups is 1. The molecule has 0 radical (unpaired) electrons. The molecule has 1 heterocycles. The molecule has 96 valence electrons. The van der Waals surface area contributed by atoms with Gasteiger partial charge < -0.3 is 20.1 Å². The highest BCUT2D eigenvalue weighted by atomic mass is 16.5. The Kier molecular flexibility index (Phi) is 4.72. The van der Waals surface area contributed by atoms with E-state index in [4.69, 9.17) is 5.11 Å². The Hall–Kier alpha value is -1.33. The highest BCUT2D eigenvalue weighted by Crippen LogP contribution is 2.11. The highest BCUT2D eigenvalue weighted by molar-refractivity contribution is 5.87. The van der Waals surface area contributed by atoms with Crippen molar-refractivity contribution >= 4 is 5.97 Å². The highest BCUT2D eigenvalue weighted by Gasteiger charge is 2.15. The monoisotopic (exact) mass is 240 g/mol. The van der Waals surface area contributed by atoms with Crippen LogP contribution in [0.3, 0.4) is 0 Å². The standard InChI is InChI=1S/C12H20N2O3/c1-12(2,8-15)7-13-6-9-4-5-10(14-9)11(16)17-3/h4-5,13-15H,6-8H2,1-3H3. The zero-order valence-corrected chi connectivity index (χ0v) is 10.5. The molecule has 5 heteroatoms. The summed E-state index contributed by atoms with van der Waals surface area (Å²) in [4.78, 5) is 14.2. The molecule has 0 aliphatic rings. The Balaban J connectivity index is 2.43. The maximum atomic E-state index is 11.2. The predicted octanol–water partition coefficient (Wildman–Crippen LogP) is 0.909. The van der Waals surface area contributed by atoms with Crippen molar-refractivity contribution in [3.05, 3.63) is 23.5 Å². The lowest BCUT2D eigenvalue weighted by atomic mass is 9.95. The molecule has 5 nitrogen and oxygen atoms in total. The maximum absolute atomic E-state index is 11.2. The van der Waals surface area contributed by atoms with Crippen LogP contribution in [0.15, 0.2) is 12.1 Å². The van der Waals surface area contributed by atoms with E-state index in [-0.39, 0.29) is 18.0 Å². The number of H-pyrrole nitrogens is 1. The van der Waals surface area contributed by atoms with Crippen LogP contribution in [-0.2, 0) is 11.3 Å². The number of rotatable bonds is 6. The van der Waals surface area contributed by atoms with Crippen LogP contribution in [0.5, 0.6) is 0 Å². The van der Waals surface area contributed by atoms with E-state index >= 15 is 0 Å². The summed E-state index contributed by atoms with van der Waals surface area (Å²) in [7, 11) is 1.35. The van der Waals surface area contributed by atoms with Crippen molar-refractivity contribution in [2.24, 2.45) is 5.41 Å². The van der Waals surface area contributed by atoms with E-state index in [1.54, 1.807) is 6.07 Å². The molecule has 0 saturated heterocycles. The smallest absolute Gasteiger partial charge is 0.354 e. The SMILES string of the molecule is COC(=O)c1ccc(CNCC(C)(C)CO)[nH]1. The Labute approximate surface area is 101 Å². The lowest BCUT2D eigenvalue weighted by molar-refractivity contribution is 0.0594. The van der Waals surface area contributed by atoms with Gasteiger partial charge in [-0.05, 0) is 12.1 Å². The molecule has 1 rings (SSSR count). The second-order valence-corrected chi connectivity index (χ2v) is 4.81. The summed E-state index contributed by atoms with van der Waals surface area (Å²) in [6.45, 7) is 5.43. The number of nitrogens with one attached hydrogen (secondary N) is 2. The Morgan fingerprint density at radius 3 is 2.82 bits per heavy atom. The second-order valence-electron chi connectivity index (χ2n) is 4.81. The normalized spacial score (nSPS) is 11.5. The van der Waals surface area contributed by atoms with Crippen LogP contribution in [0.2, 0.25) is 0 Å². The van der Waals surface area contributed by atoms with Crippen molar-refractivity contribution in [1.29, 1.82) is 0 Å². The van der Waals surface area contributed by atoms with Crippen LogP contribution >= 0.6 is 0 Å². The average Bonchev–Trinajstić information content (AvgIpc) is 2.76. The maximum Gasteiger partial charge on any atom is 0.354 e. The van der Waals surface area contributed by atoms with E-state index in [2.05, 4.69) is 15.0 Å². The van der Waals surface area contributed by atoms with E-state index in [9.17, 15) is 4.79 Å². The minimum atomic E-state index is -0.369. The van der Waals surface area contributed by atoms with Gasteiger partial charge in [0.1, 0.15) is 5.69 Å². The van der Waals surface area contributed by atoms with Crippen molar-refractivity contribution in [2.75, 3.05) is 20.3 Å². The third-order valence-corrected chi connectivity index (χ3v) is 2.50. The molecule has 0 fully saturated rings. The van der Waals surface area contributed by atoms with E-state index in [1.165, 1.54) is 7.11 Å². The first kappa shape index (κ1) is 13.7. The summed E-state index contributed by atoms with van der Waals surface area (Å²) >= 11 is 0. The van der Waals surface area contributed by atoms with Gasteiger partial charge in [-0.25, -0.2) is 4.79 Å². The fourth-order valence-electron chi connectivity index (χ4n) is 1.36. The molecule has 3 N–H and O–H groups in total. The number of hydrogen-bond donors (Lipinski definition) is 3. The molecule has 0 aromatic carbocycles. The molecule has 0 bridgehead atoms. The number of carbonyl (C=O) groups is 1. The summed E-state index contributed by atoms with van der Waals surface area (Å²) in [6, 6.07) is 3.53. The van der Waals surface area contributed by atoms with Gasteiger partial charge in [0.05, 0.1) is 7.11 Å². The minimum absolute atomic E-state index is 0.137. The molecule has 1 aromatic rings. The topological polar surface area (TPSA) is 74.3 Å². The Morgan fingerprint density at radius 1 is 1.53 bits per heavy atom. The average molecular weight is 240 g/mol. The molecule has 0 saturated carbocycles.